The lowest BCUT2D eigenvalue weighted by Gasteiger charge is -2.18. The molecule has 0 bridgehead atoms. The number of oxazole rings is 1. The number of hydrogen-bond donors (Lipinski definition) is 1. The van der Waals surface area contributed by atoms with Crippen LogP contribution < -0.4 is 5.43 Å². The number of nitrogens with one attached hydrogen (secondary N) is 1. The van der Waals surface area contributed by atoms with Crippen LogP contribution in [0.4, 0.5) is 0 Å². The van der Waals surface area contributed by atoms with E-state index in [-0.39, 0.29) is 11.8 Å². The van der Waals surface area contributed by atoms with Crippen LogP contribution in [-0.4, -0.2) is 16.6 Å². The first kappa shape index (κ1) is 13.2. The molecule has 3 aromatic rings. The maximum absolute atomic E-state index is 11.4. The van der Waals surface area contributed by atoms with Crippen molar-refractivity contribution in [2.45, 2.75) is 13.3 Å². The Morgan fingerprint density at radius 3 is 3.05 bits per heavy atom. The minimum Gasteiger partial charge on any atom is -0.435 e. The number of fused-ring (bicyclic) bond motifs is 1. The van der Waals surface area contributed by atoms with E-state index in [1.165, 1.54) is 0 Å². The number of thiophene rings is 1. The van der Waals surface area contributed by atoms with Crippen molar-refractivity contribution in [3.63, 3.8) is 0 Å². The van der Waals surface area contributed by atoms with Gasteiger partial charge in [0.05, 0.1) is 10.6 Å². The smallest absolute Gasteiger partial charge is 0.240 e. The van der Waals surface area contributed by atoms with Gasteiger partial charge in [-0.2, -0.15) is 5.10 Å². The molecular weight excluding hydrogens is 298 g/mol. The maximum Gasteiger partial charge on any atom is 0.240 e. The number of nitrogens with zero attached hydrogens (tertiary/aromatic N) is 2. The van der Waals surface area contributed by atoms with E-state index < -0.39 is 0 Å². The quantitative estimate of drug-likeness (QED) is 0.788. The van der Waals surface area contributed by atoms with E-state index in [1.54, 1.807) is 11.3 Å². The Hall–Kier alpha value is -2.47. The Kier molecular flexibility index (Phi) is 3.04. The number of hydrazone groups is 1. The first-order chi connectivity index (χ1) is 10.7. The third kappa shape index (κ3) is 2.21. The highest BCUT2D eigenvalue weighted by Gasteiger charge is 2.22. The van der Waals surface area contributed by atoms with Crippen LogP contribution in [0.3, 0.4) is 0 Å². The molecule has 1 aliphatic rings. The number of carbonyl (C=O) groups excluding carboxylic acids is 1. The number of amides is 1. The third-order valence-electron chi connectivity index (χ3n) is 3.67. The molecule has 6 heteroatoms. The van der Waals surface area contributed by atoms with Crippen LogP contribution in [0.1, 0.15) is 18.9 Å². The number of carbonyl (C=O) groups is 1. The van der Waals surface area contributed by atoms with Crippen LogP contribution in [0.5, 0.6) is 0 Å². The fourth-order valence-electron chi connectivity index (χ4n) is 2.59. The highest BCUT2D eigenvalue weighted by molar-refractivity contribution is 7.13. The summed E-state index contributed by atoms with van der Waals surface area (Å²) in [6.07, 6.45) is 0.454. The monoisotopic (exact) mass is 311 g/mol. The molecule has 1 aromatic carbocycles. The molecule has 1 N–H and O–H groups in total. The molecule has 22 heavy (non-hydrogen) atoms. The van der Waals surface area contributed by atoms with Gasteiger partial charge >= 0.3 is 0 Å². The summed E-state index contributed by atoms with van der Waals surface area (Å²) in [6, 6.07) is 9.78. The average Bonchev–Trinajstić information content (AvgIpc) is 3.15. The fraction of sp³-hybridized carbons (Fsp3) is 0.188. The van der Waals surface area contributed by atoms with Gasteiger partial charge in [0.1, 0.15) is 5.52 Å². The van der Waals surface area contributed by atoms with Gasteiger partial charge in [0.15, 0.2) is 5.58 Å². The largest absolute Gasteiger partial charge is 0.435 e. The van der Waals surface area contributed by atoms with Crippen molar-refractivity contribution in [2.75, 3.05) is 0 Å². The molecular formula is C16H13N3O2S. The van der Waals surface area contributed by atoms with Gasteiger partial charge in [-0.3, -0.25) is 4.79 Å². The van der Waals surface area contributed by atoms with Crippen molar-refractivity contribution in [1.29, 1.82) is 0 Å². The number of aromatic nitrogens is 1. The molecule has 0 saturated heterocycles. The van der Waals surface area contributed by atoms with Crippen LogP contribution in [0, 0.1) is 5.92 Å². The van der Waals surface area contributed by atoms with Gasteiger partial charge in [0, 0.05) is 17.9 Å². The summed E-state index contributed by atoms with van der Waals surface area (Å²) < 4.78 is 5.79. The molecule has 2 aromatic heterocycles. The zero-order valence-corrected chi connectivity index (χ0v) is 12.7. The molecule has 1 atom stereocenters. The predicted molar refractivity (Wildman–Crippen MR) is 85.8 cm³/mol. The Morgan fingerprint density at radius 1 is 1.36 bits per heavy atom. The summed E-state index contributed by atoms with van der Waals surface area (Å²) in [5.74, 6) is 0.683. The van der Waals surface area contributed by atoms with E-state index >= 15 is 0 Å². The van der Waals surface area contributed by atoms with Crippen LogP contribution in [-0.2, 0) is 4.79 Å². The minimum absolute atomic E-state index is 0.0428. The van der Waals surface area contributed by atoms with E-state index in [9.17, 15) is 4.79 Å². The molecule has 4 rings (SSSR count). The fourth-order valence-corrected chi connectivity index (χ4v) is 3.24. The van der Waals surface area contributed by atoms with Gasteiger partial charge in [-0.05, 0) is 29.6 Å². The van der Waals surface area contributed by atoms with E-state index in [1.807, 2.05) is 42.6 Å². The van der Waals surface area contributed by atoms with Crippen molar-refractivity contribution >= 4 is 34.1 Å². The van der Waals surface area contributed by atoms with E-state index in [0.717, 1.165) is 27.3 Å². The van der Waals surface area contributed by atoms with Crippen molar-refractivity contribution in [2.24, 2.45) is 11.0 Å². The Balaban J connectivity index is 1.76. The lowest BCUT2D eigenvalue weighted by molar-refractivity contribution is -0.121. The van der Waals surface area contributed by atoms with Gasteiger partial charge in [-0.1, -0.05) is 13.0 Å². The first-order valence-corrected chi connectivity index (χ1v) is 7.90. The summed E-state index contributed by atoms with van der Waals surface area (Å²) in [7, 11) is 0. The Morgan fingerprint density at radius 2 is 2.27 bits per heavy atom. The molecule has 1 amide bonds. The minimum atomic E-state index is -0.0428. The van der Waals surface area contributed by atoms with Crippen molar-refractivity contribution < 1.29 is 9.21 Å². The molecule has 110 valence electrons. The third-order valence-corrected chi connectivity index (χ3v) is 4.53. The summed E-state index contributed by atoms with van der Waals surface area (Å²) in [4.78, 5) is 16.9. The molecule has 3 heterocycles. The Bertz CT molecular complexity index is 880. The standard InChI is InChI=1S/C16H13N3O2S/c1-9-7-14(20)18-19-15(9)10-4-5-12-11(8-10)17-16(21-12)13-3-2-6-22-13/h2-6,8-9H,7H2,1H3,(H,18,20). The molecule has 1 aliphatic heterocycles. The predicted octanol–water partition coefficient (Wildman–Crippen LogP) is 3.42. The second kappa shape index (κ2) is 5.06. The number of hydrogen-bond acceptors (Lipinski definition) is 5. The van der Waals surface area contributed by atoms with Crippen LogP contribution >= 0.6 is 11.3 Å². The van der Waals surface area contributed by atoms with E-state index in [0.29, 0.717) is 12.3 Å². The highest BCUT2D eigenvalue weighted by atomic mass is 32.1. The van der Waals surface area contributed by atoms with Gasteiger partial charge in [0.25, 0.3) is 0 Å². The first-order valence-electron chi connectivity index (χ1n) is 7.02. The normalized spacial score (nSPS) is 18.3. The van der Waals surface area contributed by atoms with Crippen LogP contribution in [0.25, 0.3) is 21.9 Å². The lowest BCUT2D eigenvalue weighted by Crippen LogP contribution is -2.31. The molecule has 0 radical (unpaired) electrons. The molecule has 5 nitrogen and oxygen atoms in total. The molecule has 0 aliphatic carbocycles. The summed E-state index contributed by atoms with van der Waals surface area (Å²) in [5.41, 5.74) is 5.93. The van der Waals surface area contributed by atoms with Crippen molar-refractivity contribution in [1.82, 2.24) is 10.4 Å². The van der Waals surface area contributed by atoms with Gasteiger partial charge in [0.2, 0.25) is 11.8 Å². The van der Waals surface area contributed by atoms with Gasteiger partial charge < -0.3 is 4.42 Å². The highest BCUT2D eigenvalue weighted by Crippen LogP contribution is 2.29. The molecule has 1 unspecified atom stereocenters. The molecule has 0 fully saturated rings. The summed E-state index contributed by atoms with van der Waals surface area (Å²) in [6.45, 7) is 2.00. The van der Waals surface area contributed by atoms with Gasteiger partial charge in [-0.25, -0.2) is 10.4 Å². The molecule has 0 spiro atoms. The maximum atomic E-state index is 11.4. The van der Waals surface area contributed by atoms with E-state index in [4.69, 9.17) is 4.42 Å². The number of benzene rings is 1. The van der Waals surface area contributed by atoms with Crippen LogP contribution in [0.2, 0.25) is 0 Å². The van der Waals surface area contributed by atoms with E-state index in [2.05, 4.69) is 15.5 Å². The average molecular weight is 311 g/mol. The SMILES string of the molecule is CC1CC(=O)NN=C1c1ccc2oc(-c3cccs3)nc2c1. The molecule has 0 saturated carbocycles. The summed E-state index contributed by atoms with van der Waals surface area (Å²) in [5, 5.41) is 6.18. The van der Waals surface area contributed by atoms with Gasteiger partial charge in [-0.15, -0.1) is 11.3 Å². The second-order valence-electron chi connectivity index (χ2n) is 5.32. The topological polar surface area (TPSA) is 67.5 Å². The van der Waals surface area contributed by atoms with Crippen molar-refractivity contribution in [3.05, 3.63) is 41.3 Å². The number of rotatable bonds is 2. The zero-order chi connectivity index (χ0) is 15.1. The second-order valence-corrected chi connectivity index (χ2v) is 6.26. The zero-order valence-electron chi connectivity index (χ0n) is 11.9. The Labute approximate surface area is 130 Å². The lowest BCUT2D eigenvalue weighted by atomic mass is 9.94. The summed E-state index contributed by atoms with van der Waals surface area (Å²) >= 11 is 1.60. The van der Waals surface area contributed by atoms with Crippen LogP contribution in [0.15, 0.2) is 45.2 Å². The van der Waals surface area contributed by atoms with Crippen molar-refractivity contribution in [3.8, 4) is 10.8 Å².